The molecule has 1 unspecified atom stereocenters. The SMILES string of the molecule is Cc1cc(C(=O)O)c(C)n1-c1ccccc1C(=O)NC1CCS(=O)(=O)C1. The van der Waals surface area contributed by atoms with Gasteiger partial charge in [0.2, 0.25) is 0 Å². The lowest BCUT2D eigenvalue weighted by atomic mass is 10.1. The van der Waals surface area contributed by atoms with Crippen LogP contribution in [-0.2, 0) is 9.84 Å². The van der Waals surface area contributed by atoms with Crippen molar-refractivity contribution in [3.05, 3.63) is 52.8 Å². The van der Waals surface area contributed by atoms with Crippen molar-refractivity contribution in [2.45, 2.75) is 26.3 Å². The Morgan fingerprint density at radius 2 is 1.88 bits per heavy atom. The van der Waals surface area contributed by atoms with E-state index in [9.17, 15) is 23.1 Å². The molecule has 1 aromatic heterocycles. The number of hydrogen-bond acceptors (Lipinski definition) is 4. The Hall–Kier alpha value is -2.61. The average molecular weight is 376 g/mol. The number of carboxylic acids is 1. The predicted molar refractivity (Wildman–Crippen MR) is 96.7 cm³/mol. The molecule has 1 aliphatic heterocycles. The van der Waals surface area contributed by atoms with E-state index in [-0.39, 0.29) is 23.0 Å². The van der Waals surface area contributed by atoms with Crippen LogP contribution in [0.15, 0.2) is 30.3 Å². The monoisotopic (exact) mass is 376 g/mol. The largest absolute Gasteiger partial charge is 0.478 e. The molecule has 1 saturated heterocycles. The van der Waals surface area contributed by atoms with E-state index in [0.29, 0.717) is 29.1 Å². The number of sulfone groups is 1. The molecule has 0 radical (unpaired) electrons. The second-order valence-corrected chi connectivity index (χ2v) is 8.74. The molecule has 1 fully saturated rings. The molecule has 0 spiro atoms. The van der Waals surface area contributed by atoms with E-state index in [1.165, 1.54) is 0 Å². The first-order chi connectivity index (χ1) is 12.2. The number of aryl methyl sites for hydroxylation is 1. The predicted octanol–water partition coefficient (Wildman–Crippen LogP) is 1.71. The molecule has 26 heavy (non-hydrogen) atoms. The number of para-hydroxylation sites is 1. The molecule has 7 nitrogen and oxygen atoms in total. The van der Waals surface area contributed by atoms with Crippen LogP contribution in [0.5, 0.6) is 0 Å². The molecule has 0 aliphatic carbocycles. The van der Waals surface area contributed by atoms with Gasteiger partial charge in [0.25, 0.3) is 5.91 Å². The molecule has 1 amide bonds. The highest BCUT2D eigenvalue weighted by Gasteiger charge is 2.30. The Labute approximate surface area is 151 Å². The van der Waals surface area contributed by atoms with Crippen LogP contribution >= 0.6 is 0 Å². The van der Waals surface area contributed by atoms with Crippen molar-refractivity contribution in [2.24, 2.45) is 0 Å². The molecule has 0 bridgehead atoms. The highest BCUT2D eigenvalue weighted by Crippen LogP contribution is 2.24. The van der Waals surface area contributed by atoms with Crippen LogP contribution in [0.3, 0.4) is 0 Å². The minimum atomic E-state index is -3.09. The van der Waals surface area contributed by atoms with Crippen LogP contribution in [0.4, 0.5) is 0 Å². The lowest BCUT2D eigenvalue weighted by Crippen LogP contribution is -2.36. The van der Waals surface area contributed by atoms with Crippen molar-refractivity contribution in [1.82, 2.24) is 9.88 Å². The summed E-state index contributed by atoms with van der Waals surface area (Å²) in [6.45, 7) is 3.46. The van der Waals surface area contributed by atoms with Gasteiger partial charge in [-0.05, 0) is 38.5 Å². The Balaban J connectivity index is 1.97. The summed E-state index contributed by atoms with van der Waals surface area (Å²) in [5.41, 5.74) is 2.34. The van der Waals surface area contributed by atoms with Gasteiger partial charge in [-0.25, -0.2) is 13.2 Å². The first kappa shape index (κ1) is 18.2. The van der Waals surface area contributed by atoms with Gasteiger partial charge in [0.1, 0.15) is 0 Å². The van der Waals surface area contributed by atoms with Crippen molar-refractivity contribution >= 4 is 21.7 Å². The number of rotatable bonds is 4. The molecule has 3 rings (SSSR count). The van der Waals surface area contributed by atoms with Gasteiger partial charge < -0.3 is 15.0 Å². The van der Waals surface area contributed by atoms with Crippen molar-refractivity contribution in [2.75, 3.05) is 11.5 Å². The Bertz CT molecular complexity index is 991. The first-order valence-corrected chi connectivity index (χ1v) is 10.0. The third-order valence-electron chi connectivity index (χ3n) is 4.62. The van der Waals surface area contributed by atoms with E-state index in [1.54, 1.807) is 48.7 Å². The minimum Gasteiger partial charge on any atom is -0.478 e. The van der Waals surface area contributed by atoms with E-state index < -0.39 is 21.8 Å². The molecule has 1 aromatic carbocycles. The van der Waals surface area contributed by atoms with Crippen LogP contribution in [0, 0.1) is 13.8 Å². The van der Waals surface area contributed by atoms with Crippen LogP contribution in [-0.4, -0.2) is 47.5 Å². The highest BCUT2D eigenvalue weighted by molar-refractivity contribution is 7.91. The van der Waals surface area contributed by atoms with Gasteiger partial charge in [0, 0.05) is 17.4 Å². The summed E-state index contributed by atoms with van der Waals surface area (Å²) in [7, 11) is -3.09. The molecular formula is C18H20N2O5S. The molecule has 1 aliphatic rings. The molecule has 2 heterocycles. The zero-order valence-electron chi connectivity index (χ0n) is 14.5. The number of aromatic carboxylic acids is 1. The average Bonchev–Trinajstić information content (AvgIpc) is 3.06. The van der Waals surface area contributed by atoms with Crippen LogP contribution in [0.1, 0.15) is 38.5 Å². The second kappa shape index (κ2) is 6.60. The molecule has 138 valence electrons. The van der Waals surface area contributed by atoms with Gasteiger partial charge in [0.05, 0.1) is 28.3 Å². The van der Waals surface area contributed by atoms with Gasteiger partial charge in [-0.2, -0.15) is 0 Å². The summed E-state index contributed by atoms with van der Waals surface area (Å²) in [4.78, 5) is 24.1. The van der Waals surface area contributed by atoms with Crippen LogP contribution in [0.2, 0.25) is 0 Å². The number of carbonyl (C=O) groups is 2. The smallest absolute Gasteiger partial charge is 0.337 e. The third kappa shape index (κ3) is 3.37. The third-order valence-corrected chi connectivity index (χ3v) is 6.39. The molecule has 8 heteroatoms. The van der Waals surface area contributed by atoms with E-state index in [1.807, 2.05) is 0 Å². The Morgan fingerprint density at radius 3 is 2.46 bits per heavy atom. The lowest BCUT2D eigenvalue weighted by molar-refractivity contribution is 0.0696. The number of hydrogen-bond donors (Lipinski definition) is 2. The summed E-state index contributed by atoms with van der Waals surface area (Å²) in [5, 5.41) is 12.1. The van der Waals surface area contributed by atoms with Crippen molar-refractivity contribution < 1.29 is 23.1 Å². The van der Waals surface area contributed by atoms with Crippen LogP contribution < -0.4 is 5.32 Å². The minimum absolute atomic E-state index is 0.0500. The van der Waals surface area contributed by atoms with E-state index >= 15 is 0 Å². The zero-order valence-corrected chi connectivity index (χ0v) is 15.3. The molecular weight excluding hydrogens is 356 g/mol. The van der Waals surface area contributed by atoms with Gasteiger partial charge in [-0.1, -0.05) is 12.1 Å². The summed E-state index contributed by atoms with van der Waals surface area (Å²) in [6.07, 6.45) is 0.404. The Kier molecular flexibility index (Phi) is 4.62. The van der Waals surface area contributed by atoms with Crippen LogP contribution in [0.25, 0.3) is 5.69 Å². The van der Waals surface area contributed by atoms with Crippen molar-refractivity contribution in [3.8, 4) is 5.69 Å². The van der Waals surface area contributed by atoms with Crippen molar-refractivity contribution in [3.63, 3.8) is 0 Å². The maximum atomic E-state index is 12.7. The maximum Gasteiger partial charge on any atom is 0.337 e. The lowest BCUT2D eigenvalue weighted by Gasteiger charge is -2.16. The summed E-state index contributed by atoms with van der Waals surface area (Å²) in [5.74, 6) is -1.36. The number of nitrogens with one attached hydrogen (secondary N) is 1. The van der Waals surface area contributed by atoms with E-state index in [4.69, 9.17) is 0 Å². The molecule has 2 N–H and O–H groups in total. The van der Waals surface area contributed by atoms with Gasteiger partial charge in [-0.15, -0.1) is 0 Å². The normalized spacial score (nSPS) is 18.6. The maximum absolute atomic E-state index is 12.7. The van der Waals surface area contributed by atoms with Gasteiger partial charge in [-0.3, -0.25) is 4.79 Å². The molecule has 2 aromatic rings. The number of carbonyl (C=O) groups excluding carboxylic acids is 1. The number of nitrogens with zero attached hydrogens (tertiary/aromatic N) is 1. The fourth-order valence-electron chi connectivity index (χ4n) is 3.38. The number of carboxylic acid groups (broad SMARTS) is 1. The highest BCUT2D eigenvalue weighted by atomic mass is 32.2. The van der Waals surface area contributed by atoms with Gasteiger partial charge in [0.15, 0.2) is 9.84 Å². The summed E-state index contributed by atoms with van der Waals surface area (Å²) in [6, 6.07) is 8.04. The summed E-state index contributed by atoms with van der Waals surface area (Å²) >= 11 is 0. The number of amides is 1. The standard InChI is InChI=1S/C18H20N2O5S/c1-11-9-15(18(22)23)12(2)20(11)16-6-4-3-5-14(16)17(21)19-13-7-8-26(24,25)10-13/h3-6,9,13H,7-8,10H2,1-2H3,(H,19,21)(H,22,23). The molecule has 1 atom stereocenters. The number of aromatic nitrogens is 1. The quantitative estimate of drug-likeness (QED) is 0.845. The molecule has 0 saturated carbocycles. The fourth-order valence-corrected chi connectivity index (χ4v) is 5.06. The summed E-state index contributed by atoms with van der Waals surface area (Å²) < 4.78 is 24.9. The second-order valence-electron chi connectivity index (χ2n) is 6.52. The van der Waals surface area contributed by atoms with Gasteiger partial charge >= 0.3 is 5.97 Å². The zero-order chi connectivity index (χ0) is 19.1. The number of benzene rings is 1. The Morgan fingerprint density at radius 1 is 1.19 bits per heavy atom. The first-order valence-electron chi connectivity index (χ1n) is 8.22. The van der Waals surface area contributed by atoms with E-state index in [2.05, 4.69) is 5.32 Å². The van der Waals surface area contributed by atoms with Crippen molar-refractivity contribution in [1.29, 1.82) is 0 Å². The topological polar surface area (TPSA) is 105 Å². The fraction of sp³-hybridized carbons (Fsp3) is 0.333. The van der Waals surface area contributed by atoms with E-state index in [0.717, 1.165) is 0 Å².